The van der Waals surface area contributed by atoms with E-state index in [1.165, 1.54) is 45.1 Å². The quantitative estimate of drug-likeness (QED) is 0.0654. The maximum absolute atomic E-state index is 13.0. The largest absolute Gasteiger partial charge is 0.380 e. The minimum atomic E-state index is -0.623. The van der Waals surface area contributed by atoms with Crippen molar-refractivity contribution in [2.75, 3.05) is 116 Å². The summed E-state index contributed by atoms with van der Waals surface area (Å²) >= 11 is 4.20. The van der Waals surface area contributed by atoms with Gasteiger partial charge in [-0.2, -0.15) is 15.3 Å². The zero-order valence-electron chi connectivity index (χ0n) is 46.4. The van der Waals surface area contributed by atoms with Crippen molar-refractivity contribution in [1.29, 1.82) is 0 Å². The van der Waals surface area contributed by atoms with Crippen LogP contribution in [0.15, 0.2) is 104 Å². The van der Waals surface area contributed by atoms with Crippen molar-refractivity contribution in [3.63, 3.8) is 0 Å². The monoisotopic (exact) mass is 1200 g/mol. The molecule has 13 rings (SSSR count). The summed E-state index contributed by atoms with van der Waals surface area (Å²) in [5.41, 5.74) is 9.65. The standard InChI is InChI=1S/2C23H26N6O3S.C10H13N7S/c2*1-31-22(16-5-2-4-15(10-16)17-13-32-14-17)19(30)11-21-27-28-23(33-21)25-18-7-9-29(12-18)20-6-3-8-24-26-20;11-9-15-16-10(18-9)13-7-3-5-17(6-7)8-2-1-4-12-14-8/h2*2-6,8,10,17-18,22H,7,9,11-14H2,1H3,(H,25,28);1-2,4,7H,3,5-6H2,(H2,11,15)(H,13,16)/t18-,22+;18-,22-;7-/m111/s1. The Labute approximate surface area is 497 Å². The molecule has 8 aromatic rings. The molecule has 0 unspecified atom stereocenters. The van der Waals surface area contributed by atoms with Crippen LogP contribution >= 0.6 is 34.0 Å². The number of methoxy groups -OCH3 is 2. The maximum Gasteiger partial charge on any atom is 0.207 e. The predicted molar refractivity (Wildman–Crippen MR) is 320 cm³/mol. The average Bonchev–Trinajstić information content (AvgIpc) is 4.32. The van der Waals surface area contributed by atoms with E-state index in [0.717, 1.165) is 129 Å². The fourth-order valence-corrected chi connectivity index (χ4v) is 12.7. The molecule has 0 saturated carbocycles. The number of ether oxygens (including phenoxy) is 4. The molecular formula is C56H65N19O6S3. The van der Waals surface area contributed by atoms with Crippen LogP contribution in [0.25, 0.3) is 0 Å². The smallest absolute Gasteiger partial charge is 0.207 e. The summed E-state index contributed by atoms with van der Waals surface area (Å²) in [6.07, 6.45) is 7.13. The fraction of sp³-hybridized carbons (Fsp3) is 0.429. The third-order valence-electron chi connectivity index (χ3n) is 14.9. The molecule has 5 aliphatic rings. The van der Waals surface area contributed by atoms with Gasteiger partial charge in [-0.05, 0) is 77.9 Å². The van der Waals surface area contributed by atoms with Crippen LogP contribution in [0.4, 0.5) is 38.0 Å². The number of rotatable bonds is 21. The Morgan fingerprint density at radius 3 is 1.26 bits per heavy atom. The number of Topliss-reactive ketones (excluding diaryl/α,β-unsaturated/α-hetero) is 2. The van der Waals surface area contributed by atoms with E-state index in [2.05, 4.69) is 116 Å². The summed E-state index contributed by atoms with van der Waals surface area (Å²) < 4.78 is 21.7. The number of aromatic nitrogens is 12. The molecular weight excluding hydrogens is 1130 g/mol. The number of carbonyl (C=O) groups excluding carboxylic acids is 2. The first-order valence-corrected chi connectivity index (χ1v) is 30.2. The van der Waals surface area contributed by atoms with E-state index in [1.54, 1.807) is 32.8 Å². The van der Waals surface area contributed by atoms with E-state index in [9.17, 15) is 9.59 Å². The Kier molecular flexibility index (Phi) is 19.4. The van der Waals surface area contributed by atoms with E-state index >= 15 is 0 Å². The number of ketones is 2. The van der Waals surface area contributed by atoms with E-state index < -0.39 is 12.2 Å². The van der Waals surface area contributed by atoms with Crippen LogP contribution in [0.5, 0.6) is 0 Å². The highest BCUT2D eigenvalue weighted by atomic mass is 32.1. The molecule has 5 aliphatic heterocycles. The van der Waals surface area contributed by atoms with Crippen molar-refractivity contribution in [2.45, 2.75) is 74.3 Å². The second kappa shape index (κ2) is 28.1. The average molecular weight is 1200 g/mol. The molecule has 6 aromatic heterocycles. The first-order chi connectivity index (χ1) is 41.2. The molecule has 5 atom stereocenters. The molecule has 0 radical (unpaired) electrons. The van der Waals surface area contributed by atoms with Crippen LogP contribution in [0, 0.1) is 0 Å². The van der Waals surface area contributed by atoms with Crippen molar-refractivity contribution in [3.05, 3.63) is 136 Å². The number of benzene rings is 2. The molecule has 5 N–H and O–H groups in total. The van der Waals surface area contributed by atoms with Crippen LogP contribution in [0.3, 0.4) is 0 Å². The topological polar surface area (TPSA) is 298 Å². The predicted octanol–water partition coefficient (Wildman–Crippen LogP) is 5.87. The van der Waals surface area contributed by atoms with Gasteiger partial charge in [0.1, 0.15) is 22.2 Å². The fourth-order valence-electron chi connectivity index (χ4n) is 10.4. The molecule has 0 bridgehead atoms. The number of nitrogen functional groups attached to an aromatic ring is 1. The molecule has 2 aromatic carbocycles. The highest BCUT2D eigenvalue weighted by Crippen LogP contribution is 2.32. The summed E-state index contributed by atoms with van der Waals surface area (Å²) in [5.74, 6) is 3.41. The van der Waals surface area contributed by atoms with Gasteiger partial charge in [-0.25, -0.2) is 0 Å². The molecule has 5 fully saturated rings. The van der Waals surface area contributed by atoms with Crippen LogP contribution in [-0.2, 0) is 41.4 Å². The summed E-state index contributed by atoms with van der Waals surface area (Å²) in [5, 5.41) is 63.3. The zero-order chi connectivity index (χ0) is 57.6. The van der Waals surface area contributed by atoms with Gasteiger partial charge in [-0.3, -0.25) is 9.59 Å². The van der Waals surface area contributed by atoms with Crippen LogP contribution < -0.4 is 36.4 Å². The third kappa shape index (κ3) is 15.1. The van der Waals surface area contributed by atoms with Gasteiger partial charge in [-0.15, -0.1) is 45.9 Å². The lowest BCUT2D eigenvalue weighted by molar-refractivity contribution is -0.129. The number of nitrogens with two attached hydrogens (primary N) is 1. The normalized spacial score (nSPS) is 19.3. The van der Waals surface area contributed by atoms with Gasteiger partial charge in [0.05, 0.1) is 39.3 Å². The van der Waals surface area contributed by atoms with Crippen LogP contribution in [0.1, 0.15) is 75.6 Å². The molecule has 0 spiro atoms. The summed E-state index contributed by atoms with van der Waals surface area (Å²) in [7, 11) is 3.13. The van der Waals surface area contributed by atoms with Gasteiger partial charge >= 0.3 is 0 Å². The van der Waals surface area contributed by atoms with Crippen molar-refractivity contribution in [1.82, 2.24) is 61.2 Å². The van der Waals surface area contributed by atoms with Gasteiger partial charge in [0.25, 0.3) is 0 Å². The molecule has 28 heteroatoms. The number of carbonyl (C=O) groups is 2. The Morgan fingerprint density at radius 1 is 0.536 bits per heavy atom. The van der Waals surface area contributed by atoms with Crippen LogP contribution in [-0.4, -0.2) is 171 Å². The summed E-state index contributed by atoms with van der Waals surface area (Å²) in [6.45, 7) is 8.22. The number of nitrogens with zero attached hydrogens (tertiary/aromatic N) is 15. The Balaban J connectivity index is 0.000000137. The number of hydrogen-bond acceptors (Lipinski definition) is 28. The second-order valence-corrected chi connectivity index (χ2v) is 23.9. The Hall–Kier alpha value is -7.86. The van der Waals surface area contributed by atoms with Gasteiger partial charge in [0.2, 0.25) is 20.5 Å². The SMILES string of the molecule is CO[C@@H](C(=O)Cc1nnc(N[C@@H]2CCN(c3cccnn3)C2)s1)c1cccc(C2COC2)c1.CO[C@H](C(=O)Cc1nnc(N[C@@H]2CCN(c3cccnn3)C2)s1)c1cccc(C2COC2)c1.Nc1nnc(N[C@@H]2CCN(c3cccnn3)C2)s1. The highest BCUT2D eigenvalue weighted by molar-refractivity contribution is 7.18. The Morgan fingerprint density at radius 2 is 0.929 bits per heavy atom. The highest BCUT2D eigenvalue weighted by Gasteiger charge is 2.30. The summed E-state index contributed by atoms with van der Waals surface area (Å²) in [4.78, 5) is 32.6. The lowest BCUT2D eigenvalue weighted by Crippen LogP contribution is -2.26. The van der Waals surface area contributed by atoms with Gasteiger partial charge in [0.15, 0.2) is 29.0 Å². The first-order valence-electron chi connectivity index (χ1n) is 27.8. The van der Waals surface area contributed by atoms with E-state index in [-0.39, 0.29) is 36.5 Å². The second-order valence-electron chi connectivity index (χ2n) is 20.7. The summed E-state index contributed by atoms with van der Waals surface area (Å²) in [6, 6.07) is 28.5. The zero-order valence-corrected chi connectivity index (χ0v) is 48.9. The van der Waals surface area contributed by atoms with Gasteiger partial charge < -0.3 is 55.3 Å². The van der Waals surface area contributed by atoms with E-state index in [1.807, 2.05) is 60.7 Å². The molecule has 438 valence electrons. The molecule has 11 heterocycles. The van der Waals surface area contributed by atoms with Crippen molar-refractivity contribution >= 4 is 83.6 Å². The number of nitrogens with one attached hydrogen (secondary N) is 3. The molecule has 0 amide bonds. The first kappa shape index (κ1) is 57.9. The van der Waals surface area contributed by atoms with Crippen molar-refractivity contribution in [2.24, 2.45) is 0 Å². The molecule has 25 nitrogen and oxygen atoms in total. The van der Waals surface area contributed by atoms with Gasteiger partial charge in [-0.1, -0.05) is 82.5 Å². The Bertz CT molecular complexity index is 3210. The molecule has 5 saturated heterocycles. The lowest BCUT2D eigenvalue weighted by Gasteiger charge is -2.27. The van der Waals surface area contributed by atoms with Crippen molar-refractivity contribution < 1.29 is 28.5 Å². The number of hydrogen-bond donors (Lipinski definition) is 4. The molecule has 0 aliphatic carbocycles. The minimum Gasteiger partial charge on any atom is -0.380 e. The molecule has 84 heavy (non-hydrogen) atoms. The van der Waals surface area contributed by atoms with E-state index in [4.69, 9.17) is 24.7 Å². The van der Waals surface area contributed by atoms with Gasteiger partial charge in [0, 0.05) is 102 Å². The number of anilines is 7. The van der Waals surface area contributed by atoms with Crippen LogP contribution in [0.2, 0.25) is 0 Å². The third-order valence-corrected chi connectivity index (χ3v) is 17.3. The van der Waals surface area contributed by atoms with Crippen molar-refractivity contribution in [3.8, 4) is 0 Å². The minimum absolute atomic E-state index is 0.0306. The maximum atomic E-state index is 13.0. The van der Waals surface area contributed by atoms with E-state index in [0.29, 0.717) is 33.0 Å². The lowest BCUT2D eigenvalue weighted by atomic mass is 9.93.